The third kappa shape index (κ3) is 3.78. The maximum absolute atomic E-state index is 12.9. The van der Waals surface area contributed by atoms with Gasteiger partial charge in [0, 0.05) is 54.7 Å². The number of hydrogen-bond donors (Lipinski definition) is 1. The van der Waals surface area contributed by atoms with Crippen LogP contribution in [0.2, 0.25) is 0 Å². The minimum atomic E-state index is -3.35. The number of fused-ring (bicyclic) bond motifs is 1. The smallest absolute Gasteiger partial charge is 0.274 e. The standard InChI is InChI=1S/C23H29N3O3S/c1-3-4-14-30(28,29)17-8-9-21(26-12-6-5-7-13-26)19(15-17)20-16-25(2)23(27)22-18(20)10-11-24-22/h8-11,15-16,24H,3-7,12-14H2,1-2H3. The van der Waals surface area contributed by atoms with Gasteiger partial charge >= 0.3 is 0 Å². The number of benzene rings is 1. The number of nitrogens with zero attached hydrogens (tertiary/aromatic N) is 2. The molecule has 1 aliphatic heterocycles. The number of sulfone groups is 1. The lowest BCUT2D eigenvalue weighted by Gasteiger charge is -2.31. The molecule has 6 nitrogen and oxygen atoms in total. The van der Waals surface area contributed by atoms with E-state index in [0.717, 1.165) is 54.6 Å². The number of anilines is 1. The molecule has 2 aromatic heterocycles. The van der Waals surface area contributed by atoms with E-state index in [9.17, 15) is 13.2 Å². The highest BCUT2D eigenvalue weighted by molar-refractivity contribution is 7.91. The molecule has 1 N–H and O–H groups in total. The van der Waals surface area contributed by atoms with Crippen molar-refractivity contribution in [2.24, 2.45) is 7.05 Å². The van der Waals surface area contributed by atoms with Crippen molar-refractivity contribution < 1.29 is 8.42 Å². The summed E-state index contributed by atoms with van der Waals surface area (Å²) in [6, 6.07) is 7.39. The number of aromatic amines is 1. The Hall–Kier alpha value is -2.54. The molecule has 0 unspecified atom stereocenters. The molecule has 4 rings (SSSR count). The monoisotopic (exact) mass is 427 g/mol. The second kappa shape index (κ2) is 8.30. The molecule has 3 aromatic rings. The van der Waals surface area contributed by atoms with E-state index >= 15 is 0 Å². The van der Waals surface area contributed by atoms with Crippen LogP contribution < -0.4 is 10.5 Å². The van der Waals surface area contributed by atoms with Gasteiger partial charge in [-0.25, -0.2) is 8.42 Å². The Morgan fingerprint density at radius 1 is 1.07 bits per heavy atom. The fraction of sp³-hybridized carbons (Fsp3) is 0.435. The highest BCUT2D eigenvalue weighted by atomic mass is 32.2. The summed E-state index contributed by atoms with van der Waals surface area (Å²) in [5.74, 6) is 0.152. The predicted molar refractivity (Wildman–Crippen MR) is 122 cm³/mol. The summed E-state index contributed by atoms with van der Waals surface area (Å²) in [6.07, 6.45) is 8.54. The normalized spacial score (nSPS) is 15.1. The van der Waals surface area contributed by atoms with Crippen molar-refractivity contribution in [3.8, 4) is 11.1 Å². The van der Waals surface area contributed by atoms with E-state index in [0.29, 0.717) is 16.8 Å². The quantitative estimate of drug-likeness (QED) is 0.643. The zero-order valence-electron chi connectivity index (χ0n) is 17.6. The largest absolute Gasteiger partial charge is 0.371 e. The Balaban J connectivity index is 1.94. The average Bonchev–Trinajstić information content (AvgIpc) is 3.25. The topological polar surface area (TPSA) is 75.2 Å². The van der Waals surface area contributed by atoms with Crippen LogP contribution in [0.1, 0.15) is 39.0 Å². The van der Waals surface area contributed by atoms with Crippen LogP contribution in [-0.4, -0.2) is 36.8 Å². The molecular formula is C23H29N3O3S. The molecular weight excluding hydrogens is 398 g/mol. The van der Waals surface area contributed by atoms with E-state index in [4.69, 9.17) is 0 Å². The molecule has 0 bridgehead atoms. The van der Waals surface area contributed by atoms with Crippen molar-refractivity contribution in [3.63, 3.8) is 0 Å². The van der Waals surface area contributed by atoms with Gasteiger partial charge in [-0.05, 0) is 49.9 Å². The Morgan fingerprint density at radius 2 is 1.83 bits per heavy atom. The Bertz CT molecular complexity index is 1220. The summed E-state index contributed by atoms with van der Waals surface area (Å²) in [6.45, 7) is 3.90. The summed E-state index contributed by atoms with van der Waals surface area (Å²) < 4.78 is 27.4. The molecule has 1 aliphatic rings. The zero-order valence-corrected chi connectivity index (χ0v) is 18.5. The Morgan fingerprint density at radius 3 is 2.57 bits per heavy atom. The number of aryl methyl sites for hydroxylation is 1. The number of H-pyrrole nitrogens is 1. The van der Waals surface area contributed by atoms with Gasteiger partial charge in [-0.1, -0.05) is 13.3 Å². The predicted octanol–water partition coefficient (Wildman–Crippen LogP) is 4.10. The van der Waals surface area contributed by atoms with Crippen molar-refractivity contribution in [2.45, 2.75) is 43.9 Å². The minimum absolute atomic E-state index is 0.0926. The van der Waals surface area contributed by atoms with E-state index < -0.39 is 9.84 Å². The SMILES string of the molecule is CCCCS(=O)(=O)c1ccc(N2CCCCC2)c(-c2cn(C)c(=O)c3[nH]ccc23)c1. The van der Waals surface area contributed by atoms with Crippen LogP contribution in [0.5, 0.6) is 0 Å². The number of unbranched alkanes of at least 4 members (excludes halogenated alkanes) is 1. The highest BCUT2D eigenvalue weighted by Gasteiger charge is 2.22. The molecule has 0 spiro atoms. The lowest BCUT2D eigenvalue weighted by atomic mass is 9.99. The van der Waals surface area contributed by atoms with Crippen LogP contribution in [0.15, 0.2) is 46.3 Å². The van der Waals surface area contributed by atoms with Gasteiger partial charge in [0.25, 0.3) is 5.56 Å². The van der Waals surface area contributed by atoms with Crippen molar-refractivity contribution in [1.82, 2.24) is 9.55 Å². The van der Waals surface area contributed by atoms with Gasteiger partial charge in [-0.15, -0.1) is 0 Å². The highest BCUT2D eigenvalue weighted by Crippen LogP contribution is 2.37. The molecule has 30 heavy (non-hydrogen) atoms. The fourth-order valence-electron chi connectivity index (χ4n) is 4.27. The fourth-order valence-corrected chi connectivity index (χ4v) is 5.75. The third-order valence-electron chi connectivity index (χ3n) is 5.97. The summed E-state index contributed by atoms with van der Waals surface area (Å²) in [5.41, 5.74) is 3.23. The Labute approximate surface area is 177 Å². The van der Waals surface area contributed by atoms with Crippen LogP contribution >= 0.6 is 0 Å². The van der Waals surface area contributed by atoms with Crippen molar-refractivity contribution in [1.29, 1.82) is 0 Å². The second-order valence-electron chi connectivity index (χ2n) is 8.12. The maximum atomic E-state index is 12.9. The van der Waals surface area contributed by atoms with E-state index in [1.807, 2.05) is 25.3 Å². The third-order valence-corrected chi connectivity index (χ3v) is 7.77. The summed E-state index contributed by atoms with van der Waals surface area (Å²) in [5, 5.41) is 0.819. The first kappa shape index (κ1) is 20.7. The molecule has 1 fully saturated rings. The molecule has 0 atom stereocenters. The van der Waals surface area contributed by atoms with Crippen LogP contribution in [-0.2, 0) is 16.9 Å². The first-order chi connectivity index (χ1) is 14.4. The van der Waals surface area contributed by atoms with Crippen molar-refractivity contribution in [3.05, 3.63) is 47.0 Å². The molecule has 0 radical (unpaired) electrons. The van der Waals surface area contributed by atoms with Gasteiger partial charge in [0.15, 0.2) is 9.84 Å². The summed E-state index contributed by atoms with van der Waals surface area (Å²) >= 11 is 0. The van der Waals surface area contributed by atoms with Gasteiger partial charge in [0.1, 0.15) is 5.52 Å². The number of nitrogens with one attached hydrogen (secondary N) is 1. The van der Waals surface area contributed by atoms with Gasteiger partial charge in [-0.2, -0.15) is 0 Å². The molecule has 160 valence electrons. The molecule has 0 aliphatic carbocycles. The molecule has 1 saturated heterocycles. The number of pyridine rings is 1. The van der Waals surface area contributed by atoms with E-state index in [1.54, 1.807) is 29.9 Å². The molecule has 1 aromatic carbocycles. The minimum Gasteiger partial charge on any atom is -0.371 e. The molecule has 7 heteroatoms. The lowest BCUT2D eigenvalue weighted by molar-refractivity contribution is 0.578. The molecule has 3 heterocycles. The summed E-state index contributed by atoms with van der Waals surface area (Å²) in [7, 11) is -1.62. The van der Waals surface area contributed by atoms with Gasteiger partial charge in [-0.3, -0.25) is 4.79 Å². The zero-order chi connectivity index (χ0) is 21.3. The van der Waals surface area contributed by atoms with Crippen molar-refractivity contribution in [2.75, 3.05) is 23.7 Å². The van der Waals surface area contributed by atoms with Crippen LogP contribution in [0.3, 0.4) is 0 Å². The van der Waals surface area contributed by atoms with Gasteiger partial charge in [0.05, 0.1) is 10.6 Å². The Kier molecular flexibility index (Phi) is 5.73. The molecule has 0 amide bonds. The first-order valence-corrected chi connectivity index (χ1v) is 12.4. The maximum Gasteiger partial charge on any atom is 0.274 e. The second-order valence-corrected chi connectivity index (χ2v) is 10.2. The van der Waals surface area contributed by atoms with Gasteiger partial charge in [0.2, 0.25) is 0 Å². The van der Waals surface area contributed by atoms with E-state index in [1.165, 1.54) is 6.42 Å². The van der Waals surface area contributed by atoms with Crippen LogP contribution in [0, 0.1) is 0 Å². The van der Waals surface area contributed by atoms with E-state index in [-0.39, 0.29) is 11.3 Å². The average molecular weight is 428 g/mol. The van der Waals surface area contributed by atoms with Gasteiger partial charge < -0.3 is 14.5 Å². The van der Waals surface area contributed by atoms with Crippen LogP contribution in [0.4, 0.5) is 5.69 Å². The number of rotatable bonds is 6. The lowest BCUT2D eigenvalue weighted by Crippen LogP contribution is -2.30. The van der Waals surface area contributed by atoms with Crippen molar-refractivity contribution >= 4 is 26.4 Å². The number of piperidine rings is 1. The number of aromatic nitrogens is 2. The molecule has 0 saturated carbocycles. The summed E-state index contributed by atoms with van der Waals surface area (Å²) in [4.78, 5) is 18.3. The van der Waals surface area contributed by atoms with E-state index in [2.05, 4.69) is 9.88 Å². The number of hydrogen-bond acceptors (Lipinski definition) is 4. The van der Waals surface area contributed by atoms with Crippen LogP contribution in [0.25, 0.3) is 22.0 Å². The first-order valence-electron chi connectivity index (χ1n) is 10.7.